The number of aromatic nitrogens is 1. The van der Waals surface area contributed by atoms with Crippen molar-refractivity contribution in [1.29, 1.82) is 0 Å². The van der Waals surface area contributed by atoms with E-state index >= 15 is 0 Å². The normalized spacial score (nSPS) is 18.1. The van der Waals surface area contributed by atoms with Crippen molar-refractivity contribution in [2.45, 2.75) is 25.2 Å². The zero-order chi connectivity index (χ0) is 16.9. The van der Waals surface area contributed by atoms with E-state index in [0.29, 0.717) is 5.92 Å². The number of nitrogens with zero attached hydrogens (tertiary/aromatic N) is 3. The van der Waals surface area contributed by atoms with E-state index in [-0.39, 0.29) is 5.91 Å². The van der Waals surface area contributed by atoms with E-state index in [1.54, 1.807) is 6.20 Å². The number of benzene rings is 1. The highest BCUT2D eigenvalue weighted by molar-refractivity contribution is 5.95. The van der Waals surface area contributed by atoms with E-state index in [1.165, 1.54) is 12.0 Å². The molecule has 1 amide bonds. The lowest BCUT2D eigenvalue weighted by Gasteiger charge is -2.25. The molecule has 0 spiro atoms. The van der Waals surface area contributed by atoms with Crippen LogP contribution in [0.2, 0.25) is 0 Å². The van der Waals surface area contributed by atoms with Gasteiger partial charge in [-0.15, -0.1) is 0 Å². The van der Waals surface area contributed by atoms with E-state index in [9.17, 15) is 4.79 Å². The maximum absolute atomic E-state index is 13.0. The van der Waals surface area contributed by atoms with Crippen LogP contribution in [0.4, 0.5) is 5.82 Å². The molecule has 2 aromatic rings. The third-order valence-corrected chi connectivity index (χ3v) is 4.68. The summed E-state index contributed by atoms with van der Waals surface area (Å²) in [6.07, 6.45) is 5.10. The van der Waals surface area contributed by atoms with Crippen LogP contribution in [0.5, 0.6) is 0 Å². The molecule has 0 unspecified atom stereocenters. The summed E-state index contributed by atoms with van der Waals surface area (Å²) in [5.74, 6) is 1.35. The van der Waals surface area contributed by atoms with Crippen molar-refractivity contribution in [2.75, 3.05) is 32.1 Å². The summed E-state index contributed by atoms with van der Waals surface area (Å²) in [5, 5.41) is 0. The van der Waals surface area contributed by atoms with Gasteiger partial charge < -0.3 is 9.80 Å². The summed E-state index contributed by atoms with van der Waals surface area (Å²) < 4.78 is 0. The van der Waals surface area contributed by atoms with Gasteiger partial charge in [0.05, 0.1) is 0 Å². The topological polar surface area (TPSA) is 36.4 Å². The highest BCUT2D eigenvalue weighted by Gasteiger charge is 2.24. The van der Waals surface area contributed by atoms with E-state index in [1.807, 2.05) is 42.1 Å². The molecule has 1 saturated heterocycles. The van der Waals surface area contributed by atoms with Crippen molar-refractivity contribution in [3.05, 3.63) is 59.8 Å². The summed E-state index contributed by atoms with van der Waals surface area (Å²) in [6.45, 7) is 1.63. The molecule has 1 fully saturated rings. The first-order chi connectivity index (χ1) is 11.6. The maximum atomic E-state index is 13.0. The number of carbonyl (C=O) groups excluding carboxylic acids is 1. The second-order valence-corrected chi connectivity index (χ2v) is 6.65. The van der Waals surface area contributed by atoms with Crippen LogP contribution in [-0.4, -0.2) is 43.0 Å². The van der Waals surface area contributed by atoms with Crippen LogP contribution < -0.4 is 4.90 Å². The predicted molar refractivity (Wildman–Crippen MR) is 97.5 cm³/mol. The lowest BCUT2D eigenvalue weighted by molar-refractivity contribution is 0.0754. The molecule has 0 radical (unpaired) electrons. The van der Waals surface area contributed by atoms with Gasteiger partial charge in [-0.1, -0.05) is 36.8 Å². The quantitative estimate of drug-likeness (QED) is 0.866. The Balaban J connectivity index is 1.79. The van der Waals surface area contributed by atoms with Gasteiger partial charge in [0, 0.05) is 44.9 Å². The average Bonchev–Trinajstić information content (AvgIpc) is 2.88. The largest absolute Gasteiger partial charge is 0.363 e. The average molecular weight is 323 g/mol. The Morgan fingerprint density at radius 3 is 2.71 bits per heavy atom. The molecule has 1 aromatic carbocycles. The molecular formula is C20H25N3O. The fourth-order valence-corrected chi connectivity index (χ4v) is 3.30. The Labute approximate surface area is 144 Å². The van der Waals surface area contributed by atoms with Gasteiger partial charge >= 0.3 is 0 Å². The van der Waals surface area contributed by atoms with Crippen molar-refractivity contribution in [1.82, 2.24) is 9.88 Å². The van der Waals surface area contributed by atoms with Crippen molar-refractivity contribution < 1.29 is 4.79 Å². The van der Waals surface area contributed by atoms with Gasteiger partial charge in [-0.25, -0.2) is 4.98 Å². The van der Waals surface area contributed by atoms with Crippen LogP contribution >= 0.6 is 0 Å². The Morgan fingerprint density at radius 2 is 1.96 bits per heavy atom. The van der Waals surface area contributed by atoms with E-state index < -0.39 is 0 Å². The highest BCUT2D eigenvalue weighted by atomic mass is 16.2. The number of carbonyl (C=O) groups is 1. The number of rotatable bonds is 3. The van der Waals surface area contributed by atoms with Gasteiger partial charge in [0.2, 0.25) is 0 Å². The summed E-state index contributed by atoms with van der Waals surface area (Å²) >= 11 is 0. The van der Waals surface area contributed by atoms with Gasteiger partial charge in [-0.2, -0.15) is 0 Å². The molecule has 1 aliphatic heterocycles. The van der Waals surface area contributed by atoms with Crippen LogP contribution in [0.25, 0.3) is 0 Å². The molecule has 24 heavy (non-hydrogen) atoms. The third kappa shape index (κ3) is 3.75. The van der Waals surface area contributed by atoms with E-state index in [4.69, 9.17) is 0 Å². The first-order valence-electron chi connectivity index (χ1n) is 8.63. The molecule has 0 aliphatic carbocycles. The van der Waals surface area contributed by atoms with Gasteiger partial charge in [-0.05, 0) is 30.5 Å². The Kier molecular flexibility index (Phi) is 5.14. The minimum atomic E-state index is 0.114. The number of pyridine rings is 1. The molecule has 4 heteroatoms. The molecule has 1 atom stereocenters. The number of hydrogen-bond acceptors (Lipinski definition) is 3. The molecular weight excluding hydrogens is 298 g/mol. The standard InChI is InChI=1S/C20H25N3O/c1-22(2)19-14-17(11-12-21-19)20(24)23-13-7-6-10-18(15-23)16-8-4-3-5-9-16/h3-5,8-9,11-12,14,18H,6-7,10,13,15H2,1-2H3/t18-/m1/s1. The Bertz CT molecular complexity index is 684. The van der Waals surface area contributed by atoms with Gasteiger partial charge in [0.15, 0.2) is 0 Å². The molecule has 3 rings (SSSR count). The molecule has 4 nitrogen and oxygen atoms in total. The number of amides is 1. The predicted octanol–water partition coefficient (Wildman–Crippen LogP) is 3.56. The van der Waals surface area contributed by atoms with Crippen LogP contribution in [0.1, 0.15) is 41.1 Å². The smallest absolute Gasteiger partial charge is 0.254 e. The van der Waals surface area contributed by atoms with Gasteiger partial charge in [0.25, 0.3) is 5.91 Å². The fraction of sp³-hybridized carbons (Fsp3) is 0.400. The van der Waals surface area contributed by atoms with Crippen molar-refractivity contribution in [2.24, 2.45) is 0 Å². The molecule has 0 saturated carbocycles. The summed E-state index contributed by atoms with van der Waals surface area (Å²) in [5.41, 5.74) is 2.06. The second-order valence-electron chi connectivity index (χ2n) is 6.65. The zero-order valence-electron chi connectivity index (χ0n) is 14.5. The van der Waals surface area contributed by atoms with Gasteiger partial charge in [-0.3, -0.25) is 4.79 Å². The first kappa shape index (κ1) is 16.5. The van der Waals surface area contributed by atoms with Crippen molar-refractivity contribution >= 4 is 11.7 Å². The Hall–Kier alpha value is -2.36. The molecule has 126 valence electrons. The van der Waals surface area contributed by atoms with Gasteiger partial charge in [0.1, 0.15) is 5.82 Å². The van der Waals surface area contributed by atoms with Crippen LogP contribution in [-0.2, 0) is 0 Å². The number of hydrogen-bond donors (Lipinski definition) is 0. The summed E-state index contributed by atoms with van der Waals surface area (Å²) in [7, 11) is 3.88. The zero-order valence-corrected chi connectivity index (χ0v) is 14.5. The number of likely N-dealkylation sites (tertiary alicyclic amines) is 1. The monoisotopic (exact) mass is 323 g/mol. The van der Waals surface area contributed by atoms with Crippen LogP contribution in [0.15, 0.2) is 48.7 Å². The van der Waals surface area contributed by atoms with E-state index in [2.05, 4.69) is 29.2 Å². The maximum Gasteiger partial charge on any atom is 0.254 e. The molecule has 0 bridgehead atoms. The summed E-state index contributed by atoms with van der Waals surface area (Å²) in [4.78, 5) is 21.2. The minimum Gasteiger partial charge on any atom is -0.363 e. The third-order valence-electron chi connectivity index (χ3n) is 4.68. The molecule has 2 heterocycles. The lowest BCUT2D eigenvalue weighted by Crippen LogP contribution is -2.34. The van der Waals surface area contributed by atoms with Crippen molar-refractivity contribution in [3.8, 4) is 0 Å². The first-order valence-corrected chi connectivity index (χ1v) is 8.63. The summed E-state index contributed by atoms with van der Waals surface area (Å²) in [6, 6.07) is 14.3. The fourth-order valence-electron chi connectivity index (χ4n) is 3.30. The van der Waals surface area contributed by atoms with Crippen LogP contribution in [0, 0.1) is 0 Å². The SMILES string of the molecule is CN(C)c1cc(C(=O)N2CCCC[C@@H](c3ccccc3)C2)ccn1. The number of anilines is 1. The molecule has 0 N–H and O–H groups in total. The highest BCUT2D eigenvalue weighted by Crippen LogP contribution is 2.27. The Morgan fingerprint density at radius 1 is 1.17 bits per heavy atom. The molecule has 1 aliphatic rings. The van der Waals surface area contributed by atoms with Crippen LogP contribution in [0.3, 0.4) is 0 Å². The second kappa shape index (κ2) is 7.47. The van der Waals surface area contributed by atoms with Crippen molar-refractivity contribution in [3.63, 3.8) is 0 Å². The van der Waals surface area contributed by atoms with E-state index in [0.717, 1.165) is 37.3 Å². The lowest BCUT2D eigenvalue weighted by atomic mass is 9.94. The minimum absolute atomic E-state index is 0.114. The molecule has 1 aromatic heterocycles.